The van der Waals surface area contributed by atoms with Crippen LogP contribution in [0.5, 0.6) is 0 Å². The Kier molecular flexibility index (Phi) is 3.90. The van der Waals surface area contributed by atoms with Gasteiger partial charge in [-0.3, -0.25) is 4.68 Å². The molecule has 0 bridgehead atoms. The van der Waals surface area contributed by atoms with Crippen molar-refractivity contribution in [2.24, 2.45) is 7.05 Å². The summed E-state index contributed by atoms with van der Waals surface area (Å²) >= 11 is 0. The van der Waals surface area contributed by atoms with Crippen molar-refractivity contribution in [3.8, 4) is 0 Å². The first kappa shape index (κ1) is 13.6. The van der Waals surface area contributed by atoms with Crippen LogP contribution >= 0.6 is 0 Å². The van der Waals surface area contributed by atoms with Gasteiger partial charge in [-0.05, 0) is 19.2 Å². The molecule has 0 fully saturated rings. The van der Waals surface area contributed by atoms with Gasteiger partial charge in [0.15, 0.2) is 17.5 Å². The molecule has 1 heterocycles. The Morgan fingerprint density at radius 1 is 1.21 bits per heavy atom. The zero-order chi connectivity index (χ0) is 14.0. The highest BCUT2D eigenvalue weighted by Crippen LogP contribution is 2.23. The van der Waals surface area contributed by atoms with Crippen molar-refractivity contribution in [3.63, 3.8) is 0 Å². The molecule has 0 aliphatic heterocycles. The van der Waals surface area contributed by atoms with Gasteiger partial charge in [-0.25, -0.2) is 13.2 Å². The largest absolute Gasteiger partial charge is 0.313 e. The average Bonchev–Trinajstić information content (AvgIpc) is 2.80. The van der Waals surface area contributed by atoms with E-state index in [1.54, 1.807) is 31.0 Å². The Morgan fingerprint density at radius 2 is 1.95 bits per heavy atom. The molecule has 0 amide bonds. The number of hydrogen-bond donors (Lipinski definition) is 1. The number of benzene rings is 1. The molecule has 0 aliphatic rings. The summed E-state index contributed by atoms with van der Waals surface area (Å²) in [5, 5.41) is 7.07. The van der Waals surface area contributed by atoms with Crippen LogP contribution in [-0.2, 0) is 13.5 Å². The molecular weight excluding hydrogens is 255 g/mol. The van der Waals surface area contributed by atoms with E-state index in [0.29, 0.717) is 6.42 Å². The second-order valence-corrected chi connectivity index (χ2v) is 4.29. The maximum Gasteiger partial charge on any atom is 0.194 e. The Balaban J connectivity index is 2.29. The highest BCUT2D eigenvalue weighted by atomic mass is 19.2. The lowest BCUT2D eigenvalue weighted by atomic mass is 10.0. The van der Waals surface area contributed by atoms with Crippen LogP contribution in [0.25, 0.3) is 0 Å². The maximum atomic E-state index is 13.7. The third-order valence-electron chi connectivity index (χ3n) is 2.97. The summed E-state index contributed by atoms with van der Waals surface area (Å²) in [6, 6.07) is 3.50. The number of hydrogen-bond acceptors (Lipinski definition) is 2. The molecule has 0 saturated heterocycles. The van der Waals surface area contributed by atoms with Gasteiger partial charge >= 0.3 is 0 Å². The van der Waals surface area contributed by atoms with Crippen LogP contribution in [0.2, 0.25) is 0 Å². The fraction of sp³-hybridized carbons (Fsp3) is 0.308. The second kappa shape index (κ2) is 5.44. The minimum absolute atomic E-state index is 0.0899. The van der Waals surface area contributed by atoms with Gasteiger partial charge in [-0.15, -0.1) is 0 Å². The van der Waals surface area contributed by atoms with E-state index in [-0.39, 0.29) is 5.56 Å². The van der Waals surface area contributed by atoms with Crippen LogP contribution in [-0.4, -0.2) is 16.8 Å². The van der Waals surface area contributed by atoms with E-state index in [1.807, 2.05) is 0 Å². The van der Waals surface area contributed by atoms with Gasteiger partial charge in [0.1, 0.15) is 0 Å². The molecule has 0 spiro atoms. The first-order valence-corrected chi connectivity index (χ1v) is 5.82. The van der Waals surface area contributed by atoms with Gasteiger partial charge in [-0.1, -0.05) is 6.07 Å². The molecule has 1 unspecified atom stereocenters. The number of halogens is 3. The zero-order valence-electron chi connectivity index (χ0n) is 10.6. The number of nitrogens with one attached hydrogen (secondary N) is 1. The second-order valence-electron chi connectivity index (χ2n) is 4.29. The topological polar surface area (TPSA) is 29.9 Å². The summed E-state index contributed by atoms with van der Waals surface area (Å²) in [5.74, 6) is -3.79. The first-order valence-electron chi connectivity index (χ1n) is 5.82. The quantitative estimate of drug-likeness (QED) is 0.863. The molecule has 2 aromatic rings. The summed E-state index contributed by atoms with van der Waals surface area (Å²) in [6.45, 7) is 0. The highest BCUT2D eigenvalue weighted by Gasteiger charge is 2.20. The van der Waals surface area contributed by atoms with Crippen LogP contribution in [0.3, 0.4) is 0 Å². The van der Waals surface area contributed by atoms with E-state index < -0.39 is 23.5 Å². The molecule has 1 N–H and O–H groups in total. The number of aromatic nitrogens is 2. The summed E-state index contributed by atoms with van der Waals surface area (Å²) in [5.41, 5.74) is 0.832. The van der Waals surface area contributed by atoms with Gasteiger partial charge in [0.25, 0.3) is 0 Å². The van der Waals surface area contributed by atoms with Crippen molar-refractivity contribution in [2.75, 3.05) is 7.05 Å². The molecule has 19 heavy (non-hydrogen) atoms. The van der Waals surface area contributed by atoms with Crippen molar-refractivity contribution in [3.05, 3.63) is 53.1 Å². The molecule has 1 aromatic heterocycles. The lowest BCUT2D eigenvalue weighted by molar-refractivity contribution is 0.428. The molecule has 1 atom stereocenters. The molecule has 1 aromatic carbocycles. The lowest BCUT2D eigenvalue weighted by Crippen LogP contribution is -2.21. The standard InChI is InChI=1S/C13H14F3N3/c1-17-11(7-8-5-6-19(2)18-8)9-3-4-10(14)13(16)12(9)15/h3-6,11,17H,7H2,1-2H3. The van der Waals surface area contributed by atoms with Crippen molar-refractivity contribution in [1.29, 1.82) is 0 Å². The lowest BCUT2D eigenvalue weighted by Gasteiger charge is -2.16. The predicted molar refractivity (Wildman–Crippen MR) is 65.0 cm³/mol. The molecule has 0 saturated carbocycles. The third-order valence-corrected chi connectivity index (χ3v) is 2.97. The first-order chi connectivity index (χ1) is 9.02. The van der Waals surface area contributed by atoms with Crippen molar-refractivity contribution in [1.82, 2.24) is 15.1 Å². The Hall–Kier alpha value is -1.82. The number of aryl methyl sites for hydroxylation is 1. The zero-order valence-corrected chi connectivity index (χ0v) is 10.6. The monoisotopic (exact) mass is 269 g/mol. The van der Waals surface area contributed by atoms with Gasteiger partial charge < -0.3 is 5.32 Å². The van der Waals surface area contributed by atoms with Crippen LogP contribution in [0.15, 0.2) is 24.4 Å². The van der Waals surface area contributed by atoms with E-state index >= 15 is 0 Å². The molecular formula is C13H14F3N3. The van der Waals surface area contributed by atoms with Crippen LogP contribution in [0, 0.1) is 17.5 Å². The van der Waals surface area contributed by atoms with Crippen molar-refractivity contribution < 1.29 is 13.2 Å². The Bertz CT molecular complexity index is 581. The SMILES string of the molecule is CNC(Cc1ccn(C)n1)c1ccc(F)c(F)c1F. The molecule has 6 heteroatoms. The van der Waals surface area contributed by atoms with E-state index in [9.17, 15) is 13.2 Å². The van der Waals surface area contributed by atoms with E-state index in [2.05, 4.69) is 10.4 Å². The predicted octanol–water partition coefficient (Wildman–Crippen LogP) is 2.34. The Labute approximate surface area is 109 Å². The summed E-state index contributed by atoms with van der Waals surface area (Å²) < 4.78 is 41.5. The van der Waals surface area contributed by atoms with Crippen LogP contribution in [0.4, 0.5) is 13.2 Å². The van der Waals surface area contributed by atoms with E-state index in [0.717, 1.165) is 11.8 Å². The summed E-state index contributed by atoms with van der Waals surface area (Å²) in [4.78, 5) is 0. The third kappa shape index (κ3) is 2.78. The van der Waals surface area contributed by atoms with Gasteiger partial charge in [0.2, 0.25) is 0 Å². The van der Waals surface area contributed by atoms with Crippen molar-refractivity contribution in [2.45, 2.75) is 12.5 Å². The van der Waals surface area contributed by atoms with Gasteiger partial charge in [-0.2, -0.15) is 5.10 Å². The average molecular weight is 269 g/mol. The number of likely N-dealkylation sites (N-methyl/N-ethyl adjacent to an activating group) is 1. The van der Waals surface area contributed by atoms with Gasteiger partial charge in [0, 0.05) is 31.3 Å². The van der Waals surface area contributed by atoms with Gasteiger partial charge in [0.05, 0.1) is 5.69 Å². The Morgan fingerprint density at radius 3 is 2.53 bits per heavy atom. The van der Waals surface area contributed by atoms with E-state index in [1.165, 1.54) is 6.07 Å². The normalized spacial score (nSPS) is 12.7. The van der Waals surface area contributed by atoms with Crippen LogP contribution < -0.4 is 5.32 Å². The summed E-state index contributed by atoms with van der Waals surface area (Å²) in [6.07, 6.45) is 2.16. The fourth-order valence-corrected chi connectivity index (χ4v) is 1.96. The number of nitrogens with zero attached hydrogens (tertiary/aromatic N) is 2. The minimum atomic E-state index is -1.45. The van der Waals surface area contributed by atoms with Crippen LogP contribution in [0.1, 0.15) is 17.3 Å². The molecule has 2 rings (SSSR count). The molecule has 102 valence electrons. The highest BCUT2D eigenvalue weighted by molar-refractivity contribution is 5.25. The van der Waals surface area contributed by atoms with Crippen molar-refractivity contribution >= 4 is 0 Å². The molecule has 3 nitrogen and oxygen atoms in total. The summed E-state index contributed by atoms with van der Waals surface area (Å²) in [7, 11) is 3.41. The smallest absolute Gasteiger partial charge is 0.194 e. The molecule has 0 radical (unpaired) electrons. The fourth-order valence-electron chi connectivity index (χ4n) is 1.96. The number of rotatable bonds is 4. The maximum absolute atomic E-state index is 13.7. The minimum Gasteiger partial charge on any atom is -0.313 e. The molecule has 0 aliphatic carbocycles. The van der Waals surface area contributed by atoms with E-state index in [4.69, 9.17) is 0 Å².